The average molecular weight is 170 g/mol. The molecule has 0 aliphatic carbocycles. The first-order valence-corrected chi connectivity index (χ1v) is 4.46. The van der Waals surface area contributed by atoms with E-state index in [1.807, 2.05) is 24.3 Å². The summed E-state index contributed by atoms with van der Waals surface area (Å²) in [7, 11) is 0. The Balaban J connectivity index is 2.66. The SMILES string of the molecule is CCCc1ccc(SF)cc1. The Kier molecular flexibility index (Phi) is 3.43. The molecule has 2 heteroatoms. The molecule has 60 valence electrons. The maximum absolute atomic E-state index is 12.0. The summed E-state index contributed by atoms with van der Waals surface area (Å²) in [4.78, 5) is 0.685. The minimum Gasteiger partial charge on any atom is -0.160 e. The van der Waals surface area contributed by atoms with Crippen LogP contribution in [0, 0.1) is 0 Å². The Labute approximate surface area is 71.1 Å². The molecule has 0 amide bonds. The van der Waals surface area contributed by atoms with Gasteiger partial charge in [0.05, 0.1) is 12.1 Å². The van der Waals surface area contributed by atoms with Crippen molar-refractivity contribution in [2.45, 2.75) is 24.7 Å². The van der Waals surface area contributed by atoms with E-state index in [0.29, 0.717) is 17.0 Å². The van der Waals surface area contributed by atoms with Crippen LogP contribution in [0.25, 0.3) is 0 Å². The molecule has 0 aromatic heterocycles. The van der Waals surface area contributed by atoms with Crippen molar-refractivity contribution in [3.63, 3.8) is 0 Å². The van der Waals surface area contributed by atoms with Crippen molar-refractivity contribution < 1.29 is 3.89 Å². The van der Waals surface area contributed by atoms with Crippen molar-refractivity contribution in [3.8, 4) is 0 Å². The van der Waals surface area contributed by atoms with Gasteiger partial charge in [0.1, 0.15) is 0 Å². The fourth-order valence-electron chi connectivity index (χ4n) is 0.996. The summed E-state index contributed by atoms with van der Waals surface area (Å²) in [6, 6.07) is 7.59. The van der Waals surface area contributed by atoms with Crippen LogP contribution in [0.1, 0.15) is 18.9 Å². The molecule has 0 atom stereocenters. The third-order valence-corrected chi connectivity index (χ3v) is 2.00. The number of benzene rings is 1. The van der Waals surface area contributed by atoms with E-state index in [1.165, 1.54) is 5.56 Å². The summed E-state index contributed by atoms with van der Waals surface area (Å²) >= 11 is 0.296. The molecule has 0 nitrogen and oxygen atoms in total. The molecule has 1 rings (SSSR count). The third-order valence-electron chi connectivity index (χ3n) is 1.55. The lowest BCUT2D eigenvalue weighted by Crippen LogP contribution is -1.80. The van der Waals surface area contributed by atoms with E-state index >= 15 is 0 Å². The Hall–Kier alpha value is -0.500. The van der Waals surface area contributed by atoms with Crippen LogP contribution in [0.5, 0.6) is 0 Å². The predicted molar refractivity (Wildman–Crippen MR) is 47.4 cm³/mol. The van der Waals surface area contributed by atoms with Gasteiger partial charge < -0.3 is 0 Å². The smallest absolute Gasteiger partial charge is 0.0812 e. The fourth-order valence-corrected chi connectivity index (χ4v) is 1.24. The second-order valence-electron chi connectivity index (χ2n) is 2.47. The molecule has 0 unspecified atom stereocenters. The maximum Gasteiger partial charge on any atom is 0.0812 e. The van der Waals surface area contributed by atoms with Crippen LogP contribution in [0.15, 0.2) is 29.2 Å². The minimum atomic E-state index is 0.296. The van der Waals surface area contributed by atoms with E-state index in [1.54, 1.807) is 0 Å². The van der Waals surface area contributed by atoms with E-state index in [9.17, 15) is 3.89 Å². The highest BCUT2D eigenvalue weighted by Gasteiger charge is 1.92. The van der Waals surface area contributed by atoms with Gasteiger partial charge in [0.15, 0.2) is 0 Å². The summed E-state index contributed by atoms with van der Waals surface area (Å²) in [5.74, 6) is 0. The molecule has 0 heterocycles. The largest absolute Gasteiger partial charge is 0.160 e. The molecule has 0 spiro atoms. The molecule has 0 saturated carbocycles. The van der Waals surface area contributed by atoms with Gasteiger partial charge in [-0.3, -0.25) is 0 Å². The molecule has 1 aromatic carbocycles. The lowest BCUT2D eigenvalue weighted by atomic mass is 10.1. The zero-order valence-corrected chi connectivity index (χ0v) is 7.33. The van der Waals surface area contributed by atoms with Gasteiger partial charge in [0.25, 0.3) is 0 Å². The van der Waals surface area contributed by atoms with Gasteiger partial charge in [0, 0.05) is 4.90 Å². The first kappa shape index (κ1) is 8.60. The van der Waals surface area contributed by atoms with E-state index in [-0.39, 0.29) is 0 Å². The van der Waals surface area contributed by atoms with Crippen LogP contribution in [0.3, 0.4) is 0 Å². The predicted octanol–water partition coefficient (Wildman–Crippen LogP) is 3.62. The van der Waals surface area contributed by atoms with Gasteiger partial charge in [-0.05, 0) is 24.1 Å². The molecule has 11 heavy (non-hydrogen) atoms. The minimum absolute atomic E-state index is 0.296. The summed E-state index contributed by atoms with van der Waals surface area (Å²) in [6.45, 7) is 2.14. The van der Waals surface area contributed by atoms with Crippen LogP contribution in [0.4, 0.5) is 3.89 Å². The highest BCUT2D eigenvalue weighted by atomic mass is 32.2. The number of aryl methyl sites for hydroxylation is 1. The van der Waals surface area contributed by atoms with Gasteiger partial charge in [-0.25, -0.2) is 0 Å². The van der Waals surface area contributed by atoms with Crippen LogP contribution < -0.4 is 0 Å². The van der Waals surface area contributed by atoms with Gasteiger partial charge >= 0.3 is 0 Å². The molecule has 0 saturated heterocycles. The third kappa shape index (κ3) is 2.54. The van der Waals surface area contributed by atoms with Crippen molar-refractivity contribution in [1.82, 2.24) is 0 Å². The topological polar surface area (TPSA) is 0 Å². The van der Waals surface area contributed by atoms with Gasteiger partial charge in [-0.15, -0.1) is 0 Å². The fraction of sp³-hybridized carbons (Fsp3) is 0.333. The molecule has 0 radical (unpaired) electrons. The van der Waals surface area contributed by atoms with E-state index in [0.717, 1.165) is 12.8 Å². The standard InChI is InChI=1S/C9H11FS/c1-2-3-8-4-6-9(11-10)7-5-8/h4-7H,2-3H2,1H3. The summed E-state index contributed by atoms with van der Waals surface area (Å²) in [6.07, 6.45) is 2.22. The summed E-state index contributed by atoms with van der Waals surface area (Å²) in [5, 5.41) is 0. The van der Waals surface area contributed by atoms with Crippen molar-refractivity contribution in [1.29, 1.82) is 0 Å². The normalized spacial score (nSPS) is 10.0. The second kappa shape index (κ2) is 4.39. The molecule has 0 N–H and O–H groups in total. The lowest BCUT2D eigenvalue weighted by molar-refractivity contribution is 0.916. The van der Waals surface area contributed by atoms with Crippen LogP contribution >= 0.6 is 12.1 Å². The van der Waals surface area contributed by atoms with Gasteiger partial charge in [-0.1, -0.05) is 25.5 Å². The Morgan fingerprint density at radius 1 is 1.27 bits per heavy atom. The monoisotopic (exact) mass is 170 g/mol. The summed E-state index contributed by atoms with van der Waals surface area (Å²) in [5.41, 5.74) is 1.28. The molecule has 0 fully saturated rings. The molecule has 0 bridgehead atoms. The van der Waals surface area contributed by atoms with Crippen LogP contribution in [-0.4, -0.2) is 0 Å². The first-order chi connectivity index (χ1) is 5.36. The highest BCUT2D eigenvalue weighted by molar-refractivity contribution is 7.94. The molecular weight excluding hydrogens is 159 g/mol. The van der Waals surface area contributed by atoms with Crippen LogP contribution in [-0.2, 0) is 6.42 Å². The van der Waals surface area contributed by atoms with E-state index < -0.39 is 0 Å². The Morgan fingerprint density at radius 3 is 2.36 bits per heavy atom. The Bertz CT molecular complexity index is 205. The average Bonchev–Trinajstić information content (AvgIpc) is 2.07. The van der Waals surface area contributed by atoms with Crippen LogP contribution in [0.2, 0.25) is 0 Å². The van der Waals surface area contributed by atoms with Gasteiger partial charge in [-0.2, -0.15) is 3.89 Å². The zero-order valence-electron chi connectivity index (χ0n) is 6.51. The quantitative estimate of drug-likeness (QED) is 0.667. The first-order valence-electron chi connectivity index (χ1n) is 3.74. The van der Waals surface area contributed by atoms with E-state index in [4.69, 9.17) is 0 Å². The molecular formula is C9H11FS. The number of hydrogen-bond acceptors (Lipinski definition) is 1. The number of rotatable bonds is 3. The highest BCUT2D eigenvalue weighted by Crippen LogP contribution is 2.18. The van der Waals surface area contributed by atoms with Crippen molar-refractivity contribution >= 4 is 12.1 Å². The number of halogens is 1. The summed E-state index contributed by atoms with van der Waals surface area (Å²) < 4.78 is 12.0. The van der Waals surface area contributed by atoms with Gasteiger partial charge in [0.2, 0.25) is 0 Å². The molecule has 0 aliphatic heterocycles. The second-order valence-corrected chi connectivity index (χ2v) is 3.10. The zero-order chi connectivity index (χ0) is 8.10. The molecule has 0 aliphatic rings. The lowest BCUT2D eigenvalue weighted by Gasteiger charge is -1.97. The van der Waals surface area contributed by atoms with Crippen molar-refractivity contribution in [3.05, 3.63) is 29.8 Å². The number of hydrogen-bond donors (Lipinski definition) is 0. The van der Waals surface area contributed by atoms with E-state index in [2.05, 4.69) is 6.92 Å². The van der Waals surface area contributed by atoms with Crippen molar-refractivity contribution in [2.75, 3.05) is 0 Å². The maximum atomic E-state index is 12.0. The Morgan fingerprint density at radius 2 is 1.91 bits per heavy atom. The van der Waals surface area contributed by atoms with Crippen molar-refractivity contribution in [2.24, 2.45) is 0 Å². The molecule has 1 aromatic rings.